The molecule has 0 amide bonds. The molecule has 13 rings (SSSR count). The van der Waals surface area contributed by atoms with Crippen LogP contribution in [0, 0.1) is 0 Å². The smallest absolute Gasteiger partial charge is 0.143 e. The van der Waals surface area contributed by atoms with E-state index in [1.54, 1.807) is 0 Å². The molecule has 11 aromatic rings. The van der Waals surface area contributed by atoms with Crippen molar-refractivity contribution in [2.24, 2.45) is 0 Å². The first kappa shape index (κ1) is 33.7. The van der Waals surface area contributed by atoms with Gasteiger partial charge in [-0.25, -0.2) is 0 Å². The maximum absolute atomic E-state index is 6.56. The van der Waals surface area contributed by atoms with E-state index >= 15 is 0 Å². The summed E-state index contributed by atoms with van der Waals surface area (Å²) in [6.45, 7) is 0. The predicted molar refractivity (Wildman–Crippen MR) is 252 cm³/mol. The van der Waals surface area contributed by atoms with Crippen LogP contribution in [-0.4, -0.2) is 5.25 Å². The molecule has 2 unspecified atom stereocenters. The summed E-state index contributed by atoms with van der Waals surface area (Å²) < 4.78 is 13.1. The van der Waals surface area contributed by atoms with E-state index < -0.39 is 0 Å². The minimum atomic E-state index is 0.304. The Balaban J connectivity index is 0.946. The third-order valence-corrected chi connectivity index (χ3v) is 13.9. The Morgan fingerprint density at radius 2 is 0.967 bits per heavy atom. The zero-order valence-corrected chi connectivity index (χ0v) is 33.2. The molecule has 0 fully saturated rings. The number of hydrogen-bond donors (Lipinski definition) is 0. The third kappa shape index (κ3) is 5.04. The second-order valence-corrected chi connectivity index (χ2v) is 17.1. The molecule has 9 aromatic carbocycles. The summed E-state index contributed by atoms with van der Waals surface area (Å²) in [5.41, 5.74) is 13.1. The van der Waals surface area contributed by atoms with Crippen molar-refractivity contribution >= 4 is 94.2 Å². The monoisotopic (exact) mass is 785 g/mol. The van der Waals surface area contributed by atoms with Crippen LogP contribution in [0.5, 0.6) is 0 Å². The Morgan fingerprint density at radius 1 is 0.433 bits per heavy atom. The van der Waals surface area contributed by atoms with Crippen molar-refractivity contribution in [3.63, 3.8) is 0 Å². The summed E-state index contributed by atoms with van der Waals surface area (Å²) >= 11 is 1.97. The van der Waals surface area contributed by atoms with Crippen molar-refractivity contribution in [2.45, 2.75) is 16.1 Å². The Morgan fingerprint density at radius 3 is 1.55 bits per heavy atom. The number of allylic oxidation sites excluding steroid dienone is 3. The standard InChI is InChI=1S/C56H35NO2S/c1-3-12-42-34(10-1)26-32-45-52-40(15-7-18-48(52)58-55(42)45)36-22-28-38(29-23-36)57(47-17-9-21-51-54(47)44-14-5-6-20-50(44)60-51)39-30-24-37(25-31-39)41-16-8-19-49-53(41)46-33-27-35-11-2-4-13-43(35)56(46)59-49/h1-33,44,50H. The minimum absolute atomic E-state index is 0.304. The van der Waals surface area contributed by atoms with Gasteiger partial charge in [0.2, 0.25) is 0 Å². The number of thioether (sulfide) groups is 1. The fraction of sp³-hybridized carbons (Fsp3) is 0.0357. The molecule has 2 atom stereocenters. The number of anilines is 3. The Bertz CT molecular complexity index is 3390. The number of hydrogen-bond acceptors (Lipinski definition) is 4. The van der Waals surface area contributed by atoms with E-state index in [2.05, 4.69) is 205 Å². The van der Waals surface area contributed by atoms with Crippen LogP contribution in [0.3, 0.4) is 0 Å². The second kappa shape index (κ2) is 13.1. The number of rotatable bonds is 5. The second-order valence-electron chi connectivity index (χ2n) is 15.9. The minimum Gasteiger partial charge on any atom is -0.455 e. The van der Waals surface area contributed by atoms with Gasteiger partial charge in [0.15, 0.2) is 0 Å². The van der Waals surface area contributed by atoms with Crippen LogP contribution in [0.4, 0.5) is 17.1 Å². The highest BCUT2D eigenvalue weighted by Gasteiger charge is 2.35. The van der Waals surface area contributed by atoms with Crippen LogP contribution in [0.15, 0.2) is 214 Å². The van der Waals surface area contributed by atoms with Crippen LogP contribution in [0.1, 0.15) is 11.5 Å². The van der Waals surface area contributed by atoms with Gasteiger partial charge >= 0.3 is 0 Å². The molecule has 282 valence electrons. The average Bonchev–Trinajstić information content (AvgIpc) is 4.02. The Hall–Kier alpha value is -7.27. The van der Waals surface area contributed by atoms with Gasteiger partial charge in [0.05, 0.1) is 5.69 Å². The van der Waals surface area contributed by atoms with Gasteiger partial charge < -0.3 is 13.7 Å². The maximum Gasteiger partial charge on any atom is 0.143 e. The van der Waals surface area contributed by atoms with E-state index in [1.807, 2.05) is 11.8 Å². The molecular weight excluding hydrogens is 751 g/mol. The van der Waals surface area contributed by atoms with Crippen molar-refractivity contribution in [3.8, 4) is 22.3 Å². The van der Waals surface area contributed by atoms with Crippen molar-refractivity contribution in [2.75, 3.05) is 4.90 Å². The molecule has 3 nitrogen and oxygen atoms in total. The molecule has 60 heavy (non-hydrogen) atoms. The van der Waals surface area contributed by atoms with E-state index in [4.69, 9.17) is 8.83 Å². The molecule has 0 N–H and O–H groups in total. The molecule has 4 heteroatoms. The van der Waals surface area contributed by atoms with Gasteiger partial charge in [-0.3, -0.25) is 0 Å². The molecule has 2 aromatic heterocycles. The molecule has 0 radical (unpaired) electrons. The van der Waals surface area contributed by atoms with Crippen LogP contribution in [0.2, 0.25) is 0 Å². The lowest BCUT2D eigenvalue weighted by Crippen LogP contribution is -2.15. The summed E-state index contributed by atoms with van der Waals surface area (Å²) in [5, 5.41) is 9.59. The van der Waals surface area contributed by atoms with Gasteiger partial charge in [-0.2, -0.15) is 0 Å². The SMILES string of the molecule is C1=CC2Sc3cccc(N(c4ccc(-c5cccc6oc7c8ccccc8ccc7c56)cc4)c4ccc(-c5cccc6oc7c8ccccc8ccc7c56)cc4)c3C2C=C1. The number of benzene rings is 9. The fourth-order valence-corrected chi connectivity index (χ4v) is 11.2. The topological polar surface area (TPSA) is 29.5 Å². The fourth-order valence-electron chi connectivity index (χ4n) is 9.87. The van der Waals surface area contributed by atoms with E-state index in [-0.39, 0.29) is 0 Å². The quantitative estimate of drug-likeness (QED) is 0.174. The van der Waals surface area contributed by atoms with Gasteiger partial charge in [-0.05, 0) is 99.3 Å². The normalized spacial score (nSPS) is 15.8. The average molecular weight is 786 g/mol. The van der Waals surface area contributed by atoms with Gasteiger partial charge in [-0.1, -0.05) is 140 Å². The highest BCUT2D eigenvalue weighted by molar-refractivity contribution is 8.00. The molecule has 0 bridgehead atoms. The van der Waals surface area contributed by atoms with E-state index in [0.29, 0.717) is 11.2 Å². The van der Waals surface area contributed by atoms with Crippen LogP contribution >= 0.6 is 11.8 Å². The van der Waals surface area contributed by atoms with Gasteiger partial charge in [0.1, 0.15) is 22.3 Å². The van der Waals surface area contributed by atoms with E-state index in [0.717, 1.165) is 88.3 Å². The lowest BCUT2D eigenvalue weighted by atomic mass is 9.90. The summed E-state index contributed by atoms with van der Waals surface area (Å²) in [7, 11) is 0. The van der Waals surface area contributed by atoms with Crippen molar-refractivity contribution in [3.05, 3.63) is 206 Å². The zero-order valence-electron chi connectivity index (χ0n) is 32.4. The van der Waals surface area contributed by atoms with Crippen LogP contribution < -0.4 is 4.90 Å². The van der Waals surface area contributed by atoms with Gasteiger partial charge in [-0.15, -0.1) is 11.8 Å². The Kier molecular flexibility index (Phi) is 7.36. The summed E-state index contributed by atoms with van der Waals surface area (Å²) in [6, 6.07) is 63.5. The lowest BCUT2D eigenvalue weighted by molar-refractivity contribution is 0.672. The first-order valence-corrected chi connectivity index (χ1v) is 21.4. The number of fused-ring (bicyclic) bond motifs is 13. The molecule has 0 saturated heterocycles. The van der Waals surface area contributed by atoms with Gasteiger partial charge in [0.25, 0.3) is 0 Å². The molecule has 1 aliphatic carbocycles. The van der Waals surface area contributed by atoms with E-state index in [9.17, 15) is 0 Å². The van der Waals surface area contributed by atoms with Crippen molar-refractivity contribution < 1.29 is 8.83 Å². The lowest BCUT2D eigenvalue weighted by Gasteiger charge is -2.29. The molecule has 2 aliphatic rings. The summed E-state index contributed by atoms with van der Waals surface area (Å²) in [6.07, 6.45) is 9.11. The highest BCUT2D eigenvalue weighted by Crippen LogP contribution is 2.54. The number of furan rings is 2. The largest absolute Gasteiger partial charge is 0.455 e. The third-order valence-electron chi connectivity index (χ3n) is 12.6. The zero-order chi connectivity index (χ0) is 39.3. The van der Waals surface area contributed by atoms with E-state index in [1.165, 1.54) is 26.9 Å². The Labute approximate surface area is 350 Å². The maximum atomic E-state index is 6.56. The highest BCUT2D eigenvalue weighted by atomic mass is 32.2. The van der Waals surface area contributed by atoms with Crippen molar-refractivity contribution in [1.29, 1.82) is 0 Å². The first-order valence-electron chi connectivity index (χ1n) is 20.6. The molecule has 1 aliphatic heterocycles. The van der Waals surface area contributed by atoms with Crippen LogP contribution in [-0.2, 0) is 0 Å². The summed E-state index contributed by atoms with van der Waals surface area (Å²) in [4.78, 5) is 3.79. The van der Waals surface area contributed by atoms with Crippen LogP contribution in [0.25, 0.3) is 87.7 Å². The molecule has 0 spiro atoms. The summed E-state index contributed by atoms with van der Waals surface area (Å²) in [5.74, 6) is 0.304. The number of nitrogens with zero attached hydrogens (tertiary/aromatic N) is 1. The molecule has 3 heterocycles. The molecule has 0 saturated carbocycles. The predicted octanol–water partition coefficient (Wildman–Crippen LogP) is 16.3. The van der Waals surface area contributed by atoms with Crippen molar-refractivity contribution in [1.82, 2.24) is 0 Å². The first-order chi connectivity index (χ1) is 29.7. The van der Waals surface area contributed by atoms with Gasteiger partial charge in [0, 0.05) is 59.8 Å². The molecular formula is C56H35NO2S.